The lowest BCUT2D eigenvalue weighted by molar-refractivity contribution is -0.186. The van der Waals surface area contributed by atoms with Gasteiger partial charge in [-0.2, -0.15) is 13.2 Å². The van der Waals surface area contributed by atoms with E-state index in [0.29, 0.717) is 6.42 Å². The summed E-state index contributed by atoms with van der Waals surface area (Å²) < 4.78 is 37.7. The number of aromatic carboxylic acids is 1. The molecule has 1 aromatic carbocycles. The predicted molar refractivity (Wildman–Crippen MR) is 77.1 cm³/mol. The van der Waals surface area contributed by atoms with E-state index >= 15 is 0 Å². The maximum atomic E-state index is 12.6. The summed E-state index contributed by atoms with van der Waals surface area (Å²) in [5.41, 5.74) is 1.00. The summed E-state index contributed by atoms with van der Waals surface area (Å²) >= 11 is 0. The molecule has 1 N–H and O–H groups in total. The first-order chi connectivity index (χ1) is 10.8. The van der Waals surface area contributed by atoms with Crippen LogP contribution in [0.15, 0.2) is 24.3 Å². The first kappa shape index (κ1) is 17.3. The minimum atomic E-state index is -4.18. The van der Waals surface area contributed by atoms with Crippen molar-refractivity contribution in [3.63, 3.8) is 0 Å². The highest BCUT2D eigenvalue weighted by Gasteiger charge is 2.41. The van der Waals surface area contributed by atoms with Crippen molar-refractivity contribution in [2.45, 2.75) is 31.9 Å². The minimum absolute atomic E-state index is 0.0391. The summed E-state index contributed by atoms with van der Waals surface area (Å²) in [6.45, 7) is 0.280. The van der Waals surface area contributed by atoms with Gasteiger partial charge >= 0.3 is 12.1 Å². The number of aryl methyl sites for hydroxylation is 1. The van der Waals surface area contributed by atoms with Gasteiger partial charge in [0.15, 0.2) is 0 Å². The molecule has 0 spiro atoms. The molecule has 4 nitrogen and oxygen atoms in total. The van der Waals surface area contributed by atoms with Gasteiger partial charge in [-0.25, -0.2) is 4.79 Å². The van der Waals surface area contributed by atoms with Crippen molar-refractivity contribution in [2.24, 2.45) is 5.92 Å². The third-order valence-corrected chi connectivity index (χ3v) is 4.14. The Labute approximate surface area is 131 Å². The third kappa shape index (κ3) is 4.71. The summed E-state index contributed by atoms with van der Waals surface area (Å²) in [5.74, 6) is -2.48. The fraction of sp³-hybridized carbons (Fsp3) is 0.500. The fourth-order valence-corrected chi connectivity index (χ4v) is 2.68. The number of amides is 1. The minimum Gasteiger partial charge on any atom is -0.478 e. The predicted octanol–water partition coefficient (Wildman–Crippen LogP) is 3.12. The molecular weight excluding hydrogens is 311 g/mol. The Kier molecular flexibility index (Phi) is 5.28. The highest BCUT2D eigenvalue weighted by Crippen LogP contribution is 2.34. The second kappa shape index (κ2) is 7.02. The first-order valence-corrected chi connectivity index (χ1v) is 7.44. The zero-order valence-electron chi connectivity index (χ0n) is 12.5. The molecule has 0 aromatic heterocycles. The molecule has 23 heavy (non-hydrogen) atoms. The zero-order chi connectivity index (χ0) is 17.0. The molecule has 0 atom stereocenters. The van der Waals surface area contributed by atoms with Gasteiger partial charge in [-0.15, -0.1) is 0 Å². The zero-order valence-corrected chi connectivity index (χ0v) is 12.5. The molecule has 1 heterocycles. The van der Waals surface area contributed by atoms with Crippen LogP contribution in [0.4, 0.5) is 13.2 Å². The van der Waals surface area contributed by atoms with E-state index < -0.39 is 18.1 Å². The van der Waals surface area contributed by atoms with Crippen LogP contribution >= 0.6 is 0 Å². The van der Waals surface area contributed by atoms with Crippen LogP contribution in [0.1, 0.15) is 35.2 Å². The van der Waals surface area contributed by atoms with Gasteiger partial charge in [0.2, 0.25) is 5.91 Å². The Morgan fingerprint density at radius 3 is 2.17 bits per heavy atom. The molecular formula is C16H18F3NO3. The Hall–Kier alpha value is -2.05. The standard InChI is InChI=1S/C16H18F3NO3/c17-16(18,19)13-7-9-20(10-8-13)14(21)6-3-11-1-4-12(5-2-11)15(22)23/h1-2,4-5,13H,3,6-10H2,(H,22,23). The topological polar surface area (TPSA) is 57.6 Å². The number of carbonyl (C=O) groups excluding carboxylic acids is 1. The fourth-order valence-electron chi connectivity index (χ4n) is 2.68. The van der Waals surface area contributed by atoms with Gasteiger partial charge < -0.3 is 10.0 Å². The van der Waals surface area contributed by atoms with E-state index in [-0.39, 0.29) is 43.8 Å². The Morgan fingerprint density at radius 1 is 1.13 bits per heavy atom. The van der Waals surface area contributed by atoms with Gasteiger partial charge in [0.05, 0.1) is 11.5 Å². The third-order valence-electron chi connectivity index (χ3n) is 4.14. The van der Waals surface area contributed by atoms with Crippen LogP contribution in [0.3, 0.4) is 0 Å². The molecule has 2 rings (SSSR count). The van der Waals surface area contributed by atoms with Crippen molar-refractivity contribution in [3.8, 4) is 0 Å². The summed E-state index contributed by atoms with van der Waals surface area (Å²) in [5, 5.41) is 8.80. The Bertz CT molecular complexity index is 561. The summed E-state index contributed by atoms with van der Waals surface area (Å²) in [4.78, 5) is 24.3. The van der Waals surface area contributed by atoms with Crippen LogP contribution in [0.5, 0.6) is 0 Å². The van der Waals surface area contributed by atoms with Crippen LogP contribution < -0.4 is 0 Å². The lowest BCUT2D eigenvalue weighted by atomic mass is 9.96. The second-order valence-electron chi connectivity index (χ2n) is 5.70. The van der Waals surface area contributed by atoms with Gasteiger partial charge in [-0.3, -0.25) is 4.79 Å². The van der Waals surface area contributed by atoms with Gasteiger partial charge in [0.1, 0.15) is 0 Å². The Balaban J connectivity index is 1.80. The number of carboxylic acids is 1. The molecule has 0 bridgehead atoms. The number of benzene rings is 1. The molecule has 1 amide bonds. The van der Waals surface area contributed by atoms with Gasteiger partial charge in [-0.05, 0) is 37.0 Å². The molecule has 0 aliphatic carbocycles. The molecule has 1 aliphatic rings. The summed E-state index contributed by atoms with van der Waals surface area (Å²) in [6, 6.07) is 6.23. The molecule has 126 valence electrons. The number of rotatable bonds is 4. The molecule has 0 radical (unpaired) electrons. The van der Waals surface area contributed by atoms with Crippen LogP contribution in [0, 0.1) is 5.92 Å². The van der Waals surface area contributed by atoms with Crippen molar-refractivity contribution in [1.29, 1.82) is 0 Å². The number of likely N-dealkylation sites (tertiary alicyclic amines) is 1. The maximum absolute atomic E-state index is 12.6. The van der Waals surface area contributed by atoms with Gasteiger partial charge in [0.25, 0.3) is 0 Å². The van der Waals surface area contributed by atoms with E-state index in [1.165, 1.54) is 17.0 Å². The number of piperidine rings is 1. The number of carboxylic acid groups (broad SMARTS) is 1. The number of hydrogen-bond acceptors (Lipinski definition) is 2. The number of nitrogens with zero attached hydrogens (tertiary/aromatic N) is 1. The largest absolute Gasteiger partial charge is 0.478 e. The molecule has 0 saturated carbocycles. The molecule has 1 saturated heterocycles. The summed E-state index contributed by atoms with van der Waals surface area (Å²) in [7, 11) is 0. The van der Waals surface area contributed by atoms with Crippen molar-refractivity contribution in [2.75, 3.05) is 13.1 Å². The highest BCUT2D eigenvalue weighted by atomic mass is 19.4. The maximum Gasteiger partial charge on any atom is 0.391 e. The van der Waals surface area contributed by atoms with E-state index in [1.54, 1.807) is 12.1 Å². The van der Waals surface area contributed by atoms with Crippen LogP contribution in [0.25, 0.3) is 0 Å². The average molecular weight is 329 g/mol. The van der Waals surface area contributed by atoms with E-state index in [1.807, 2.05) is 0 Å². The van der Waals surface area contributed by atoms with Gasteiger partial charge in [0, 0.05) is 19.5 Å². The SMILES string of the molecule is O=C(O)c1ccc(CCC(=O)N2CCC(C(F)(F)F)CC2)cc1. The molecule has 1 aromatic rings. The van der Waals surface area contributed by atoms with Gasteiger partial charge in [-0.1, -0.05) is 12.1 Å². The lowest BCUT2D eigenvalue weighted by Gasteiger charge is -2.33. The highest BCUT2D eigenvalue weighted by molar-refractivity contribution is 5.87. The number of halogens is 3. The first-order valence-electron chi connectivity index (χ1n) is 7.44. The van der Waals surface area contributed by atoms with Crippen LogP contribution in [0.2, 0.25) is 0 Å². The molecule has 1 aliphatic heterocycles. The Morgan fingerprint density at radius 2 is 1.70 bits per heavy atom. The van der Waals surface area contributed by atoms with Crippen LogP contribution in [-0.2, 0) is 11.2 Å². The number of carbonyl (C=O) groups is 2. The lowest BCUT2D eigenvalue weighted by Crippen LogP contribution is -2.42. The second-order valence-corrected chi connectivity index (χ2v) is 5.70. The van der Waals surface area contributed by atoms with E-state index in [2.05, 4.69) is 0 Å². The van der Waals surface area contributed by atoms with Crippen molar-refractivity contribution >= 4 is 11.9 Å². The molecule has 1 fully saturated rings. The smallest absolute Gasteiger partial charge is 0.391 e. The van der Waals surface area contributed by atoms with Crippen molar-refractivity contribution < 1.29 is 27.9 Å². The monoisotopic (exact) mass is 329 g/mol. The van der Waals surface area contributed by atoms with E-state index in [4.69, 9.17) is 5.11 Å². The normalized spacial score (nSPS) is 16.4. The summed E-state index contributed by atoms with van der Waals surface area (Å²) in [6.07, 6.45) is -3.60. The molecule has 0 unspecified atom stereocenters. The van der Waals surface area contributed by atoms with E-state index in [9.17, 15) is 22.8 Å². The van der Waals surface area contributed by atoms with Crippen LogP contribution in [-0.4, -0.2) is 41.1 Å². The number of alkyl halides is 3. The molecule has 7 heteroatoms. The average Bonchev–Trinajstić information content (AvgIpc) is 2.52. The van der Waals surface area contributed by atoms with Crippen molar-refractivity contribution in [3.05, 3.63) is 35.4 Å². The van der Waals surface area contributed by atoms with Crippen molar-refractivity contribution in [1.82, 2.24) is 4.90 Å². The van der Waals surface area contributed by atoms with E-state index in [0.717, 1.165) is 5.56 Å². The quantitative estimate of drug-likeness (QED) is 0.923. The number of hydrogen-bond donors (Lipinski definition) is 1.